The minimum atomic E-state index is 0.644. The van der Waals surface area contributed by atoms with Gasteiger partial charge in [0.25, 0.3) is 0 Å². The van der Waals surface area contributed by atoms with Crippen LogP contribution >= 0.6 is 11.8 Å². The van der Waals surface area contributed by atoms with Crippen LogP contribution in [0.1, 0.15) is 12.7 Å². The molecule has 0 radical (unpaired) electrons. The SMILES string of the molecule is CCOc1ccc(-n2c(SC)nnc2-c2cc(C)on2)cc1. The zero-order valence-corrected chi connectivity index (χ0v) is 13.4. The first-order valence-corrected chi connectivity index (χ1v) is 8.11. The van der Waals surface area contributed by atoms with Crippen LogP contribution in [-0.2, 0) is 0 Å². The predicted molar refractivity (Wildman–Crippen MR) is 84.5 cm³/mol. The molecule has 114 valence electrons. The lowest BCUT2D eigenvalue weighted by Gasteiger charge is -2.09. The molecule has 7 heteroatoms. The summed E-state index contributed by atoms with van der Waals surface area (Å²) in [4.78, 5) is 0. The van der Waals surface area contributed by atoms with Crippen molar-refractivity contribution in [3.63, 3.8) is 0 Å². The van der Waals surface area contributed by atoms with Crippen LogP contribution in [-0.4, -0.2) is 32.8 Å². The van der Waals surface area contributed by atoms with Gasteiger partial charge in [0.1, 0.15) is 11.5 Å². The van der Waals surface area contributed by atoms with Crippen LogP contribution in [0.25, 0.3) is 17.2 Å². The average Bonchev–Trinajstić information content (AvgIpc) is 3.14. The maximum atomic E-state index is 5.48. The van der Waals surface area contributed by atoms with Crippen molar-refractivity contribution in [2.45, 2.75) is 19.0 Å². The van der Waals surface area contributed by atoms with Crippen molar-refractivity contribution in [2.75, 3.05) is 12.9 Å². The van der Waals surface area contributed by atoms with Crippen LogP contribution in [0.4, 0.5) is 0 Å². The fourth-order valence-corrected chi connectivity index (χ4v) is 2.63. The Hall–Kier alpha value is -2.28. The van der Waals surface area contributed by atoms with Gasteiger partial charge < -0.3 is 9.26 Å². The second-order valence-electron chi connectivity index (χ2n) is 4.60. The maximum absolute atomic E-state index is 5.48. The fraction of sp³-hybridized carbons (Fsp3) is 0.267. The van der Waals surface area contributed by atoms with E-state index in [-0.39, 0.29) is 0 Å². The lowest BCUT2D eigenvalue weighted by molar-refractivity contribution is 0.340. The van der Waals surface area contributed by atoms with Crippen molar-refractivity contribution < 1.29 is 9.26 Å². The number of hydrogen-bond acceptors (Lipinski definition) is 6. The zero-order chi connectivity index (χ0) is 15.5. The van der Waals surface area contributed by atoms with Gasteiger partial charge in [-0.05, 0) is 44.4 Å². The summed E-state index contributed by atoms with van der Waals surface area (Å²) < 4.78 is 12.6. The molecule has 0 aliphatic rings. The highest BCUT2D eigenvalue weighted by Gasteiger charge is 2.17. The van der Waals surface area contributed by atoms with Gasteiger partial charge in [-0.3, -0.25) is 4.57 Å². The quantitative estimate of drug-likeness (QED) is 0.673. The van der Waals surface area contributed by atoms with E-state index >= 15 is 0 Å². The Morgan fingerprint density at radius 2 is 2.00 bits per heavy atom. The predicted octanol–water partition coefficient (Wildman–Crippen LogP) is 3.35. The third-order valence-electron chi connectivity index (χ3n) is 3.08. The summed E-state index contributed by atoms with van der Waals surface area (Å²) in [5, 5.41) is 13.3. The summed E-state index contributed by atoms with van der Waals surface area (Å²) >= 11 is 1.53. The fourth-order valence-electron chi connectivity index (χ4n) is 2.13. The van der Waals surface area contributed by atoms with Gasteiger partial charge >= 0.3 is 0 Å². The normalized spacial score (nSPS) is 10.9. The highest BCUT2D eigenvalue weighted by atomic mass is 32.2. The van der Waals surface area contributed by atoms with E-state index in [1.165, 1.54) is 11.8 Å². The monoisotopic (exact) mass is 316 g/mol. The van der Waals surface area contributed by atoms with Gasteiger partial charge in [-0.15, -0.1) is 10.2 Å². The van der Waals surface area contributed by atoms with Gasteiger partial charge in [0.05, 0.1) is 12.3 Å². The van der Waals surface area contributed by atoms with Crippen LogP contribution in [0.5, 0.6) is 5.75 Å². The maximum Gasteiger partial charge on any atom is 0.195 e. The van der Waals surface area contributed by atoms with Crippen molar-refractivity contribution in [3.05, 3.63) is 36.1 Å². The topological polar surface area (TPSA) is 66.0 Å². The molecule has 2 heterocycles. The van der Waals surface area contributed by atoms with Gasteiger partial charge in [-0.1, -0.05) is 16.9 Å². The molecule has 22 heavy (non-hydrogen) atoms. The standard InChI is InChI=1S/C15H16N4O2S/c1-4-20-12-7-5-11(6-8-12)19-14(16-17-15(19)22-3)13-9-10(2)21-18-13/h5-9H,4H2,1-3H3. The number of aromatic nitrogens is 4. The van der Waals surface area contributed by atoms with Crippen LogP contribution in [0.2, 0.25) is 0 Å². The molecule has 2 aromatic heterocycles. The molecule has 0 aliphatic heterocycles. The van der Waals surface area contributed by atoms with Crippen molar-refractivity contribution in [1.82, 2.24) is 19.9 Å². The Kier molecular flexibility index (Phi) is 4.15. The largest absolute Gasteiger partial charge is 0.494 e. The second-order valence-corrected chi connectivity index (χ2v) is 5.37. The highest BCUT2D eigenvalue weighted by molar-refractivity contribution is 7.98. The summed E-state index contributed by atoms with van der Waals surface area (Å²) in [5.41, 5.74) is 1.62. The minimum Gasteiger partial charge on any atom is -0.494 e. The molecule has 0 amide bonds. The number of thioether (sulfide) groups is 1. The Morgan fingerprint density at radius 1 is 1.23 bits per heavy atom. The molecule has 0 unspecified atom stereocenters. The summed E-state index contributed by atoms with van der Waals surface area (Å²) in [6, 6.07) is 9.66. The minimum absolute atomic E-state index is 0.644. The molecule has 3 rings (SSSR count). The molecule has 0 aliphatic carbocycles. The van der Waals surface area contributed by atoms with Crippen LogP contribution < -0.4 is 4.74 Å². The molecular weight excluding hydrogens is 300 g/mol. The number of benzene rings is 1. The Labute approximate surface area is 132 Å². The number of hydrogen-bond donors (Lipinski definition) is 0. The van der Waals surface area contributed by atoms with E-state index in [0.29, 0.717) is 18.1 Å². The molecule has 0 saturated carbocycles. The lowest BCUT2D eigenvalue weighted by Crippen LogP contribution is -2.00. The van der Waals surface area contributed by atoms with Gasteiger partial charge in [-0.25, -0.2) is 0 Å². The van der Waals surface area contributed by atoms with Crippen molar-refractivity contribution in [2.24, 2.45) is 0 Å². The van der Waals surface area contributed by atoms with Crippen molar-refractivity contribution >= 4 is 11.8 Å². The summed E-state index contributed by atoms with van der Waals surface area (Å²) in [6.45, 7) is 4.46. The zero-order valence-electron chi connectivity index (χ0n) is 12.6. The van der Waals surface area contributed by atoms with E-state index in [1.807, 2.05) is 55.0 Å². The molecule has 0 bridgehead atoms. The molecule has 0 N–H and O–H groups in total. The molecule has 3 aromatic rings. The summed E-state index contributed by atoms with van der Waals surface area (Å²) in [6.07, 6.45) is 1.97. The van der Waals surface area contributed by atoms with E-state index in [2.05, 4.69) is 15.4 Å². The van der Waals surface area contributed by atoms with Gasteiger partial charge in [0, 0.05) is 6.07 Å². The van der Waals surface area contributed by atoms with Crippen molar-refractivity contribution in [3.8, 4) is 23.0 Å². The van der Waals surface area contributed by atoms with Gasteiger partial charge in [-0.2, -0.15) is 0 Å². The van der Waals surface area contributed by atoms with Crippen LogP contribution in [0, 0.1) is 6.92 Å². The Bertz CT molecular complexity index is 764. The Morgan fingerprint density at radius 3 is 2.59 bits per heavy atom. The first-order chi connectivity index (χ1) is 10.7. The molecule has 0 atom stereocenters. The molecule has 0 saturated heterocycles. The molecule has 0 fully saturated rings. The number of nitrogens with zero attached hydrogens (tertiary/aromatic N) is 4. The number of aryl methyl sites for hydroxylation is 1. The van der Waals surface area contributed by atoms with Gasteiger partial charge in [0.15, 0.2) is 16.7 Å². The highest BCUT2D eigenvalue weighted by Crippen LogP contribution is 2.27. The number of ether oxygens (including phenoxy) is 1. The third kappa shape index (κ3) is 2.71. The number of rotatable bonds is 5. The summed E-state index contributed by atoms with van der Waals surface area (Å²) in [7, 11) is 0. The molecular formula is C15H16N4O2S. The second kappa shape index (κ2) is 6.23. The van der Waals surface area contributed by atoms with E-state index in [0.717, 1.165) is 22.4 Å². The first-order valence-electron chi connectivity index (χ1n) is 6.89. The molecule has 1 aromatic carbocycles. The molecule has 6 nitrogen and oxygen atoms in total. The first kappa shape index (κ1) is 14.6. The lowest BCUT2D eigenvalue weighted by atomic mass is 10.3. The molecule has 0 spiro atoms. The van der Waals surface area contributed by atoms with E-state index < -0.39 is 0 Å². The van der Waals surface area contributed by atoms with Crippen LogP contribution in [0.15, 0.2) is 40.0 Å². The summed E-state index contributed by atoms with van der Waals surface area (Å²) in [5.74, 6) is 2.23. The smallest absolute Gasteiger partial charge is 0.195 e. The van der Waals surface area contributed by atoms with E-state index in [9.17, 15) is 0 Å². The van der Waals surface area contributed by atoms with Crippen molar-refractivity contribution in [1.29, 1.82) is 0 Å². The Balaban J connectivity index is 2.06. The van der Waals surface area contributed by atoms with Gasteiger partial charge in [0.2, 0.25) is 0 Å². The average molecular weight is 316 g/mol. The van der Waals surface area contributed by atoms with E-state index in [4.69, 9.17) is 9.26 Å². The van der Waals surface area contributed by atoms with E-state index in [1.54, 1.807) is 0 Å². The third-order valence-corrected chi connectivity index (χ3v) is 3.71. The van der Waals surface area contributed by atoms with Crippen LogP contribution in [0.3, 0.4) is 0 Å².